The Bertz CT molecular complexity index is 396. The van der Waals surface area contributed by atoms with Crippen LogP contribution in [-0.4, -0.2) is 41.1 Å². The molecule has 20 heavy (non-hydrogen) atoms. The zero-order valence-corrected chi connectivity index (χ0v) is 11.9. The van der Waals surface area contributed by atoms with E-state index >= 15 is 0 Å². The summed E-state index contributed by atoms with van der Waals surface area (Å²) in [6, 6.07) is -0.0617. The van der Waals surface area contributed by atoms with Crippen molar-refractivity contribution in [3.05, 3.63) is 0 Å². The summed E-state index contributed by atoms with van der Waals surface area (Å²) in [6.45, 7) is 0.562. The summed E-state index contributed by atoms with van der Waals surface area (Å²) in [6.07, 6.45) is 9.12. The molecule has 112 valence electrons. The number of hydrogen-bond donors (Lipinski definition) is 2. The standard InChI is InChI=1S/C15H24N2O3/c18-13(19)9-17(12-3-1-2-4-12)14(20)16-10-15(7-8-15)11-5-6-11/h11-12H,1-10H2,(H,16,20)(H,18,19). The third-order valence-electron chi connectivity index (χ3n) is 5.26. The van der Waals surface area contributed by atoms with Crippen LogP contribution in [0.25, 0.3) is 0 Å². The lowest BCUT2D eigenvalue weighted by Gasteiger charge is -2.28. The van der Waals surface area contributed by atoms with E-state index in [-0.39, 0.29) is 18.6 Å². The van der Waals surface area contributed by atoms with Gasteiger partial charge in [0.1, 0.15) is 6.54 Å². The summed E-state index contributed by atoms with van der Waals surface area (Å²) in [5.41, 5.74) is 0.361. The van der Waals surface area contributed by atoms with Gasteiger partial charge in [-0.2, -0.15) is 0 Å². The van der Waals surface area contributed by atoms with Crippen LogP contribution in [0.1, 0.15) is 51.4 Å². The third kappa shape index (κ3) is 2.91. The molecule has 5 heteroatoms. The molecule has 3 aliphatic rings. The van der Waals surface area contributed by atoms with Gasteiger partial charge in [-0.15, -0.1) is 0 Å². The van der Waals surface area contributed by atoms with E-state index in [0.717, 1.165) is 38.1 Å². The summed E-state index contributed by atoms with van der Waals surface area (Å²) >= 11 is 0. The fourth-order valence-corrected chi connectivity index (χ4v) is 3.67. The zero-order valence-electron chi connectivity index (χ0n) is 11.9. The number of hydrogen-bond acceptors (Lipinski definition) is 2. The largest absolute Gasteiger partial charge is 0.480 e. The van der Waals surface area contributed by atoms with Crippen LogP contribution >= 0.6 is 0 Å². The average Bonchev–Trinajstić information content (AvgIpc) is 3.32. The second kappa shape index (κ2) is 5.26. The van der Waals surface area contributed by atoms with Crippen molar-refractivity contribution >= 4 is 12.0 Å². The molecule has 0 bridgehead atoms. The highest BCUT2D eigenvalue weighted by molar-refractivity contribution is 5.80. The summed E-state index contributed by atoms with van der Waals surface area (Å²) in [4.78, 5) is 24.9. The van der Waals surface area contributed by atoms with Gasteiger partial charge in [-0.3, -0.25) is 4.79 Å². The first-order valence-corrected chi connectivity index (χ1v) is 7.87. The van der Waals surface area contributed by atoms with Gasteiger partial charge in [-0.1, -0.05) is 12.8 Å². The second-order valence-electron chi connectivity index (χ2n) is 6.76. The molecule has 5 nitrogen and oxygen atoms in total. The van der Waals surface area contributed by atoms with Crippen molar-refractivity contribution < 1.29 is 14.7 Å². The maximum atomic E-state index is 12.3. The van der Waals surface area contributed by atoms with Crippen LogP contribution in [0.2, 0.25) is 0 Å². The van der Waals surface area contributed by atoms with Crippen molar-refractivity contribution in [2.24, 2.45) is 11.3 Å². The van der Waals surface area contributed by atoms with Crippen LogP contribution in [0.5, 0.6) is 0 Å². The number of nitrogens with one attached hydrogen (secondary N) is 1. The SMILES string of the molecule is O=C(O)CN(C(=O)NCC1(C2CC2)CC1)C1CCCC1. The summed E-state index contributed by atoms with van der Waals surface area (Å²) in [5.74, 6) is -0.113. The lowest BCUT2D eigenvalue weighted by molar-refractivity contribution is -0.138. The second-order valence-corrected chi connectivity index (χ2v) is 6.76. The van der Waals surface area contributed by atoms with Gasteiger partial charge < -0.3 is 15.3 Å². The maximum absolute atomic E-state index is 12.3. The molecule has 0 spiro atoms. The molecule has 3 rings (SSSR count). The number of amides is 2. The van der Waals surface area contributed by atoms with Crippen LogP contribution in [0, 0.1) is 11.3 Å². The van der Waals surface area contributed by atoms with Gasteiger partial charge in [-0.05, 0) is 49.9 Å². The summed E-state index contributed by atoms with van der Waals surface area (Å²) in [5, 5.41) is 12.0. The topological polar surface area (TPSA) is 69.6 Å². The first-order chi connectivity index (χ1) is 9.61. The van der Waals surface area contributed by atoms with Crippen molar-refractivity contribution in [3.8, 4) is 0 Å². The Morgan fingerprint density at radius 2 is 1.80 bits per heavy atom. The van der Waals surface area contributed by atoms with E-state index in [9.17, 15) is 9.59 Å². The van der Waals surface area contributed by atoms with Gasteiger partial charge in [0.25, 0.3) is 0 Å². The Morgan fingerprint density at radius 3 is 2.30 bits per heavy atom. The molecule has 0 aromatic carbocycles. The first kappa shape index (κ1) is 13.7. The molecule has 3 saturated carbocycles. The number of carbonyl (C=O) groups excluding carboxylic acids is 1. The minimum atomic E-state index is -0.921. The van der Waals surface area contributed by atoms with E-state index in [2.05, 4.69) is 5.32 Å². The van der Waals surface area contributed by atoms with Crippen molar-refractivity contribution in [1.82, 2.24) is 10.2 Å². The maximum Gasteiger partial charge on any atom is 0.323 e. The van der Waals surface area contributed by atoms with Crippen LogP contribution in [-0.2, 0) is 4.79 Å². The molecule has 2 N–H and O–H groups in total. The molecule has 0 aromatic heterocycles. The quantitative estimate of drug-likeness (QED) is 0.783. The Morgan fingerprint density at radius 1 is 1.15 bits per heavy atom. The summed E-state index contributed by atoms with van der Waals surface area (Å²) < 4.78 is 0. The molecule has 0 atom stereocenters. The molecule has 0 heterocycles. The molecular weight excluding hydrogens is 256 g/mol. The predicted molar refractivity (Wildman–Crippen MR) is 74.4 cm³/mol. The van der Waals surface area contributed by atoms with Crippen LogP contribution in [0.15, 0.2) is 0 Å². The Balaban J connectivity index is 1.55. The number of rotatable bonds is 6. The molecule has 0 aromatic rings. The molecule has 3 aliphatic carbocycles. The normalized spacial score (nSPS) is 24.4. The lowest BCUT2D eigenvalue weighted by atomic mass is 10.0. The summed E-state index contributed by atoms with van der Waals surface area (Å²) in [7, 11) is 0. The minimum Gasteiger partial charge on any atom is -0.480 e. The van der Waals surface area contributed by atoms with E-state index in [1.807, 2.05) is 0 Å². The Kier molecular flexibility index (Phi) is 3.61. The predicted octanol–water partition coefficient (Wildman–Crippen LogP) is 2.22. The fraction of sp³-hybridized carbons (Fsp3) is 0.867. The molecule has 0 saturated heterocycles. The van der Waals surface area contributed by atoms with Gasteiger partial charge in [0.2, 0.25) is 0 Å². The monoisotopic (exact) mass is 280 g/mol. The highest BCUT2D eigenvalue weighted by atomic mass is 16.4. The minimum absolute atomic E-state index is 0.113. The van der Waals surface area contributed by atoms with E-state index in [4.69, 9.17) is 5.11 Å². The number of urea groups is 1. The van der Waals surface area contributed by atoms with Gasteiger partial charge in [0.15, 0.2) is 0 Å². The third-order valence-corrected chi connectivity index (χ3v) is 5.26. The van der Waals surface area contributed by atoms with Gasteiger partial charge >= 0.3 is 12.0 Å². The molecular formula is C15H24N2O3. The molecule has 0 unspecified atom stereocenters. The lowest BCUT2D eigenvalue weighted by Crippen LogP contribution is -2.49. The highest BCUT2D eigenvalue weighted by Crippen LogP contribution is 2.60. The van der Waals surface area contributed by atoms with E-state index < -0.39 is 5.97 Å². The van der Waals surface area contributed by atoms with Crippen molar-refractivity contribution in [3.63, 3.8) is 0 Å². The average molecular weight is 280 g/mol. The Labute approximate surface area is 119 Å². The van der Waals surface area contributed by atoms with Gasteiger partial charge in [-0.25, -0.2) is 4.79 Å². The van der Waals surface area contributed by atoms with Gasteiger partial charge in [0, 0.05) is 12.6 Å². The highest BCUT2D eigenvalue weighted by Gasteiger charge is 2.53. The van der Waals surface area contributed by atoms with E-state index in [0.29, 0.717) is 5.41 Å². The van der Waals surface area contributed by atoms with Crippen molar-refractivity contribution in [2.75, 3.05) is 13.1 Å². The van der Waals surface area contributed by atoms with Crippen LogP contribution < -0.4 is 5.32 Å². The molecule has 2 amide bonds. The molecule has 0 aliphatic heterocycles. The van der Waals surface area contributed by atoms with Crippen molar-refractivity contribution in [1.29, 1.82) is 0 Å². The number of nitrogens with zero attached hydrogens (tertiary/aromatic N) is 1. The molecule has 0 radical (unpaired) electrons. The number of carboxylic acid groups (broad SMARTS) is 1. The number of aliphatic carboxylic acids is 1. The molecule has 3 fully saturated rings. The van der Waals surface area contributed by atoms with E-state index in [1.165, 1.54) is 30.6 Å². The first-order valence-electron chi connectivity index (χ1n) is 7.87. The van der Waals surface area contributed by atoms with Crippen LogP contribution in [0.3, 0.4) is 0 Å². The Hall–Kier alpha value is -1.26. The van der Waals surface area contributed by atoms with E-state index in [1.54, 1.807) is 0 Å². The van der Waals surface area contributed by atoms with Crippen LogP contribution in [0.4, 0.5) is 4.79 Å². The smallest absolute Gasteiger partial charge is 0.323 e. The fourth-order valence-electron chi connectivity index (χ4n) is 3.67. The zero-order chi connectivity index (χ0) is 14.2. The van der Waals surface area contributed by atoms with Crippen molar-refractivity contribution in [2.45, 2.75) is 57.4 Å². The number of carbonyl (C=O) groups is 2. The number of carboxylic acids is 1. The van der Waals surface area contributed by atoms with Gasteiger partial charge in [0.05, 0.1) is 0 Å².